The number of hydrogen-bond acceptors (Lipinski definition) is 3. The van der Waals surface area contributed by atoms with Gasteiger partial charge in [-0.15, -0.1) is 0 Å². The molecule has 1 aliphatic carbocycles. The lowest BCUT2D eigenvalue weighted by Gasteiger charge is -2.37. The second-order valence-electron chi connectivity index (χ2n) is 11.7. The van der Waals surface area contributed by atoms with E-state index in [1.54, 1.807) is 0 Å². The van der Waals surface area contributed by atoms with E-state index >= 15 is 0 Å². The van der Waals surface area contributed by atoms with Crippen LogP contribution in [0.4, 0.5) is 11.4 Å². The standard InChI is InChI=1S/C31H38ClN5S/c1-21-16-22(2)19-36(18-21)28-12-11-25(17-26(28)32)37-30(29(34-31(37)38)27-10-6-7-14-33-27)23-13-15-35(20-23)24-8-4-3-5-9-24/h6-7,10-15,17,20-22,24,29-30H,3-5,8-9,16,18-19H2,1-2H3,(H,34,38)/t21-,22-,29-,30-/m0/s1. The average molecular weight is 548 g/mol. The zero-order chi connectivity index (χ0) is 26.2. The predicted molar refractivity (Wildman–Crippen MR) is 161 cm³/mol. The Labute approximate surface area is 237 Å². The molecule has 1 N–H and O–H groups in total. The van der Waals surface area contributed by atoms with E-state index in [4.69, 9.17) is 28.8 Å². The third-order valence-corrected chi connectivity index (χ3v) is 9.21. The molecular formula is C31H38ClN5S. The van der Waals surface area contributed by atoms with Crippen molar-refractivity contribution in [3.8, 4) is 0 Å². The van der Waals surface area contributed by atoms with Crippen LogP contribution in [-0.2, 0) is 0 Å². The van der Waals surface area contributed by atoms with E-state index in [0.29, 0.717) is 23.0 Å². The Morgan fingerprint density at radius 1 is 1.00 bits per heavy atom. The maximum absolute atomic E-state index is 6.99. The fraction of sp³-hybridized carbons (Fsp3) is 0.484. The van der Waals surface area contributed by atoms with E-state index < -0.39 is 0 Å². The molecule has 4 atom stereocenters. The predicted octanol–water partition coefficient (Wildman–Crippen LogP) is 7.70. The van der Waals surface area contributed by atoms with Crippen LogP contribution in [0.5, 0.6) is 0 Å². The molecule has 4 heterocycles. The molecule has 0 radical (unpaired) electrons. The second-order valence-corrected chi connectivity index (χ2v) is 12.5. The molecule has 5 nitrogen and oxygen atoms in total. The van der Waals surface area contributed by atoms with Gasteiger partial charge in [0.25, 0.3) is 0 Å². The SMILES string of the molecule is C[C@H]1C[C@H](C)CN(c2ccc(N3C(=S)N[C@@H](c4ccccn4)[C@@H]3c3ccn(C4CCCCC4)c3)cc2Cl)C1. The van der Waals surface area contributed by atoms with Crippen molar-refractivity contribution < 1.29 is 0 Å². The molecule has 3 aliphatic rings. The van der Waals surface area contributed by atoms with Crippen molar-refractivity contribution in [1.82, 2.24) is 14.9 Å². The third kappa shape index (κ3) is 5.05. The first kappa shape index (κ1) is 25.7. The molecule has 0 spiro atoms. The molecule has 2 saturated heterocycles. The summed E-state index contributed by atoms with van der Waals surface area (Å²) in [5, 5.41) is 5.09. The highest BCUT2D eigenvalue weighted by molar-refractivity contribution is 7.80. The fourth-order valence-corrected chi connectivity index (χ4v) is 7.59. The van der Waals surface area contributed by atoms with Gasteiger partial charge in [0.15, 0.2) is 5.11 Å². The number of hydrogen-bond donors (Lipinski definition) is 1. The van der Waals surface area contributed by atoms with Crippen molar-refractivity contribution in [2.75, 3.05) is 22.9 Å². The van der Waals surface area contributed by atoms with Crippen LogP contribution in [0.25, 0.3) is 0 Å². The molecule has 2 aliphatic heterocycles. The molecule has 3 aromatic rings. The van der Waals surface area contributed by atoms with Crippen LogP contribution >= 0.6 is 23.8 Å². The molecule has 1 saturated carbocycles. The van der Waals surface area contributed by atoms with Gasteiger partial charge >= 0.3 is 0 Å². The van der Waals surface area contributed by atoms with Crippen LogP contribution in [0.1, 0.15) is 81.8 Å². The molecule has 0 unspecified atom stereocenters. The monoisotopic (exact) mass is 547 g/mol. The maximum Gasteiger partial charge on any atom is 0.174 e. The lowest BCUT2D eigenvalue weighted by molar-refractivity contribution is 0.353. The Bertz CT molecular complexity index is 1260. The molecule has 0 amide bonds. The minimum absolute atomic E-state index is 0.0146. The smallest absolute Gasteiger partial charge is 0.174 e. The highest BCUT2D eigenvalue weighted by Gasteiger charge is 2.41. The summed E-state index contributed by atoms with van der Waals surface area (Å²) in [4.78, 5) is 9.41. The van der Waals surface area contributed by atoms with Gasteiger partial charge in [-0.1, -0.05) is 50.8 Å². The van der Waals surface area contributed by atoms with E-state index in [1.807, 2.05) is 18.3 Å². The molecule has 1 aromatic carbocycles. The van der Waals surface area contributed by atoms with Gasteiger partial charge in [0.2, 0.25) is 0 Å². The van der Waals surface area contributed by atoms with Crippen LogP contribution in [0.15, 0.2) is 61.1 Å². The van der Waals surface area contributed by atoms with Crippen molar-refractivity contribution in [3.63, 3.8) is 0 Å². The minimum atomic E-state index is -0.0480. The van der Waals surface area contributed by atoms with Crippen molar-refractivity contribution in [2.45, 2.75) is 70.5 Å². The summed E-state index contributed by atoms with van der Waals surface area (Å²) in [6, 6.07) is 15.4. The summed E-state index contributed by atoms with van der Waals surface area (Å²) in [6.07, 6.45) is 14.2. The van der Waals surface area contributed by atoms with E-state index in [9.17, 15) is 0 Å². The molecule has 200 valence electrons. The lowest BCUT2D eigenvalue weighted by atomic mass is 9.91. The number of rotatable bonds is 5. The Hall–Kier alpha value is -2.57. The molecule has 7 heteroatoms. The van der Waals surface area contributed by atoms with Crippen molar-refractivity contribution in [1.29, 1.82) is 0 Å². The Morgan fingerprint density at radius 3 is 2.50 bits per heavy atom. The van der Waals surface area contributed by atoms with Crippen molar-refractivity contribution >= 4 is 40.3 Å². The Kier molecular flexibility index (Phi) is 7.37. The third-order valence-electron chi connectivity index (χ3n) is 8.59. The van der Waals surface area contributed by atoms with Crippen molar-refractivity contribution in [3.05, 3.63) is 77.3 Å². The molecule has 3 fully saturated rings. The number of halogens is 1. The summed E-state index contributed by atoms with van der Waals surface area (Å²) in [6.45, 7) is 6.76. The maximum atomic E-state index is 6.99. The summed E-state index contributed by atoms with van der Waals surface area (Å²) in [5.41, 5.74) is 4.38. The van der Waals surface area contributed by atoms with Gasteiger partial charge in [-0.3, -0.25) is 4.98 Å². The summed E-state index contributed by atoms with van der Waals surface area (Å²) in [5.74, 6) is 1.34. The highest BCUT2D eigenvalue weighted by Crippen LogP contribution is 2.44. The number of anilines is 2. The zero-order valence-corrected chi connectivity index (χ0v) is 24.0. The van der Waals surface area contributed by atoms with E-state index in [2.05, 4.69) is 76.3 Å². The van der Waals surface area contributed by atoms with Gasteiger partial charge in [-0.2, -0.15) is 0 Å². The van der Waals surface area contributed by atoms with Crippen LogP contribution in [0.3, 0.4) is 0 Å². The van der Waals surface area contributed by atoms with Gasteiger partial charge < -0.3 is 19.7 Å². The Morgan fingerprint density at radius 2 is 1.79 bits per heavy atom. The molecule has 6 rings (SSSR count). The van der Waals surface area contributed by atoms with E-state index in [1.165, 1.54) is 44.1 Å². The average Bonchev–Trinajstić information content (AvgIpc) is 3.54. The quantitative estimate of drug-likeness (QED) is 0.331. The number of nitrogens with zero attached hydrogens (tertiary/aromatic N) is 4. The fourth-order valence-electron chi connectivity index (χ4n) is 6.95. The molecular weight excluding hydrogens is 510 g/mol. The normalized spacial score (nSPS) is 26.6. The van der Waals surface area contributed by atoms with Gasteiger partial charge in [0.05, 0.1) is 28.5 Å². The Balaban J connectivity index is 1.35. The molecule has 2 aromatic heterocycles. The largest absolute Gasteiger partial charge is 0.370 e. The topological polar surface area (TPSA) is 36.3 Å². The van der Waals surface area contributed by atoms with E-state index in [-0.39, 0.29) is 12.1 Å². The van der Waals surface area contributed by atoms with Crippen LogP contribution in [0, 0.1) is 11.8 Å². The highest BCUT2D eigenvalue weighted by atomic mass is 35.5. The van der Waals surface area contributed by atoms with E-state index in [0.717, 1.165) is 35.2 Å². The second kappa shape index (κ2) is 10.9. The zero-order valence-electron chi connectivity index (χ0n) is 22.4. The van der Waals surface area contributed by atoms with Gasteiger partial charge in [-0.05, 0) is 85.3 Å². The number of pyridine rings is 1. The summed E-state index contributed by atoms with van der Waals surface area (Å²) >= 11 is 13.0. The molecule has 38 heavy (non-hydrogen) atoms. The first-order chi connectivity index (χ1) is 18.5. The number of piperidine rings is 1. The van der Waals surface area contributed by atoms with Gasteiger partial charge in [0.1, 0.15) is 0 Å². The lowest BCUT2D eigenvalue weighted by Crippen LogP contribution is -2.38. The van der Waals surface area contributed by atoms with Crippen molar-refractivity contribution in [2.24, 2.45) is 11.8 Å². The van der Waals surface area contributed by atoms with Gasteiger partial charge in [-0.25, -0.2) is 0 Å². The summed E-state index contributed by atoms with van der Waals surface area (Å²) in [7, 11) is 0. The number of thiocarbonyl (C=S) groups is 1. The number of benzene rings is 1. The minimum Gasteiger partial charge on any atom is -0.370 e. The first-order valence-electron chi connectivity index (χ1n) is 14.2. The summed E-state index contributed by atoms with van der Waals surface area (Å²) < 4.78 is 2.43. The van der Waals surface area contributed by atoms with Crippen LogP contribution in [0.2, 0.25) is 5.02 Å². The number of nitrogens with one attached hydrogen (secondary N) is 1. The van der Waals surface area contributed by atoms with Crippen LogP contribution in [-0.4, -0.2) is 27.8 Å². The first-order valence-corrected chi connectivity index (χ1v) is 15.0. The van der Waals surface area contributed by atoms with Gasteiger partial charge in [0, 0.05) is 43.4 Å². The number of aromatic nitrogens is 2. The van der Waals surface area contributed by atoms with Crippen LogP contribution < -0.4 is 15.1 Å². The molecule has 0 bridgehead atoms.